The summed E-state index contributed by atoms with van der Waals surface area (Å²) in [5, 5.41) is 11.6. The van der Waals surface area contributed by atoms with Crippen LogP contribution in [0.5, 0.6) is 0 Å². The fourth-order valence-corrected chi connectivity index (χ4v) is 1.82. The van der Waals surface area contributed by atoms with Gasteiger partial charge in [0, 0.05) is 18.7 Å². The largest absolute Gasteiger partial charge is 0.396 e. The Balaban J connectivity index is 2.57. The summed E-state index contributed by atoms with van der Waals surface area (Å²) in [4.78, 5) is 11.9. The minimum atomic E-state index is -0.603. The van der Waals surface area contributed by atoms with Crippen LogP contribution in [0.25, 0.3) is 0 Å². The number of nitrogens with one attached hydrogen (secondary N) is 1. The van der Waals surface area contributed by atoms with Gasteiger partial charge in [-0.15, -0.1) is 0 Å². The van der Waals surface area contributed by atoms with Gasteiger partial charge >= 0.3 is 0 Å². The second-order valence-corrected chi connectivity index (χ2v) is 5.71. The first kappa shape index (κ1) is 15.9. The predicted octanol–water partition coefficient (Wildman–Crippen LogP) is 3.01. The predicted molar refractivity (Wildman–Crippen MR) is 73.8 cm³/mol. The highest BCUT2D eigenvalue weighted by Gasteiger charge is 2.19. The van der Waals surface area contributed by atoms with Crippen molar-refractivity contribution in [2.24, 2.45) is 5.41 Å². The van der Waals surface area contributed by atoms with Gasteiger partial charge in [-0.3, -0.25) is 4.79 Å². The number of aliphatic hydroxyl groups is 1. The van der Waals surface area contributed by atoms with E-state index in [-0.39, 0.29) is 28.5 Å². The van der Waals surface area contributed by atoms with E-state index in [4.69, 9.17) is 16.7 Å². The summed E-state index contributed by atoms with van der Waals surface area (Å²) >= 11 is 5.56. The molecule has 0 radical (unpaired) electrons. The van der Waals surface area contributed by atoms with Gasteiger partial charge in [0.2, 0.25) is 0 Å². The smallest absolute Gasteiger partial charge is 0.251 e. The summed E-state index contributed by atoms with van der Waals surface area (Å²) in [5.41, 5.74) is 0.142. The van der Waals surface area contributed by atoms with Gasteiger partial charge in [0.25, 0.3) is 5.91 Å². The maximum Gasteiger partial charge on any atom is 0.251 e. The number of amides is 1. The van der Waals surface area contributed by atoms with Crippen LogP contribution < -0.4 is 5.32 Å². The SMILES string of the molecule is CC(C)(CCCO)CNC(=O)c1ccc(Cl)c(F)c1. The second kappa shape index (κ2) is 6.87. The molecule has 0 aliphatic heterocycles. The van der Waals surface area contributed by atoms with Crippen molar-refractivity contribution in [3.63, 3.8) is 0 Å². The Morgan fingerprint density at radius 2 is 2.16 bits per heavy atom. The highest BCUT2D eigenvalue weighted by atomic mass is 35.5. The average Bonchev–Trinajstić information content (AvgIpc) is 2.37. The lowest BCUT2D eigenvalue weighted by Gasteiger charge is -2.24. The number of benzene rings is 1. The van der Waals surface area contributed by atoms with E-state index >= 15 is 0 Å². The van der Waals surface area contributed by atoms with Crippen LogP contribution in [0.1, 0.15) is 37.0 Å². The normalized spacial score (nSPS) is 11.4. The van der Waals surface area contributed by atoms with E-state index in [1.807, 2.05) is 13.8 Å². The van der Waals surface area contributed by atoms with Crippen LogP contribution in [0.4, 0.5) is 4.39 Å². The van der Waals surface area contributed by atoms with Crippen LogP contribution in [-0.2, 0) is 0 Å². The molecule has 3 nitrogen and oxygen atoms in total. The van der Waals surface area contributed by atoms with Gasteiger partial charge < -0.3 is 10.4 Å². The Morgan fingerprint density at radius 3 is 2.74 bits per heavy atom. The quantitative estimate of drug-likeness (QED) is 0.845. The molecule has 0 heterocycles. The zero-order valence-corrected chi connectivity index (χ0v) is 11.9. The van der Waals surface area contributed by atoms with E-state index in [1.165, 1.54) is 12.1 Å². The molecular weight excluding hydrogens is 269 g/mol. The van der Waals surface area contributed by atoms with Crippen molar-refractivity contribution in [1.82, 2.24) is 5.32 Å². The Labute approximate surface area is 117 Å². The Morgan fingerprint density at radius 1 is 1.47 bits per heavy atom. The molecule has 19 heavy (non-hydrogen) atoms. The van der Waals surface area contributed by atoms with Crippen molar-refractivity contribution in [3.05, 3.63) is 34.6 Å². The highest BCUT2D eigenvalue weighted by molar-refractivity contribution is 6.30. The molecule has 0 aliphatic rings. The van der Waals surface area contributed by atoms with Gasteiger partial charge in [0.05, 0.1) is 5.02 Å². The molecule has 0 saturated carbocycles. The number of halogens is 2. The molecule has 0 atom stereocenters. The lowest BCUT2D eigenvalue weighted by molar-refractivity contribution is 0.0932. The second-order valence-electron chi connectivity index (χ2n) is 5.30. The lowest BCUT2D eigenvalue weighted by Crippen LogP contribution is -2.34. The summed E-state index contributed by atoms with van der Waals surface area (Å²) in [5.74, 6) is -0.929. The number of hydrogen-bond acceptors (Lipinski definition) is 2. The summed E-state index contributed by atoms with van der Waals surface area (Å²) in [6.45, 7) is 4.62. The molecule has 2 N–H and O–H groups in total. The topological polar surface area (TPSA) is 49.3 Å². The first-order chi connectivity index (χ1) is 8.85. The zero-order chi connectivity index (χ0) is 14.5. The summed E-state index contributed by atoms with van der Waals surface area (Å²) in [6.07, 6.45) is 1.50. The van der Waals surface area contributed by atoms with Crippen molar-refractivity contribution < 1.29 is 14.3 Å². The highest BCUT2D eigenvalue weighted by Crippen LogP contribution is 2.21. The Hall–Kier alpha value is -1.13. The fraction of sp³-hybridized carbons (Fsp3) is 0.500. The standard InChI is InChI=1S/C14H19ClFNO2/c1-14(2,6-3-7-18)9-17-13(19)10-4-5-11(15)12(16)8-10/h4-5,8,18H,3,6-7,9H2,1-2H3,(H,17,19). The van der Waals surface area contributed by atoms with E-state index in [2.05, 4.69) is 5.32 Å². The van der Waals surface area contributed by atoms with Crippen molar-refractivity contribution >= 4 is 17.5 Å². The molecule has 0 bridgehead atoms. The fourth-order valence-electron chi connectivity index (χ4n) is 1.70. The van der Waals surface area contributed by atoms with Gasteiger partial charge in [-0.05, 0) is 36.5 Å². The van der Waals surface area contributed by atoms with Gasteiger partial charge in [-0.2, -0.15) is 0 Å². The molecule has 0 unspecified atom stereocenters. The molecule has 0 aliphatic carbocycles. The number of hydrogen-bond donors (Lipinski definition) is 2. The Kier molecular flexibility index (Phi) is 5.76. The first-order valence-corrected chi connectivity index (χ1v) is 6.57. The number of carbonyl (C=O) groups is 1. The van der Waals surface area contributed by atoms with Gasteiger partial charge in [0.15, 0.2) is 0 Å². The minimum Gasteiger partial charge on any atom is -0.396 e. The van der Waals surface area contributed by atoms with E-state index in [1.54, 1.807) is 0 Å². The van der Waals surface area contributed by atoms with Crippen LogP contribution in [0.15, 0.2) is 18.2 Å². The maximum atomic E-state index is 13.2. The average molecular weight is 288 g/mol. The van der Waals surface area contributed by atoms with Crippen LogP contribution in [0.2, 0.25) is 5.02 Å². The van der Waals surface area contributed by atoms with Crippen LogP contribution >= 0.6 is 11.6 Å². The molecule has 5 heteroatoms. The lowest BCUT2D eigenvalue weighted by atomic mass is 9.88. The van der Waals surface area contributed by atoms with E-state index in [0.717, 1.165) is 12.5 Å². The maximum absolute atomic E-state index is 13.2. The third-order valence-corrected chi connectivity index (χ3v) is 3.23. The van der Waals surface area contributed by atoms with Crippen molar-refractivity contribution in [1.29, 1.82) is 0 Å². The molecule has 1 aromatic carbocycles. The van der Waals surface area contributed by atoms with Crippen LogP contribution in [-0.4, -0.2) is 24.2 Å². The summed E-state index contributed by atoms with van der Waals surface area (Å²) in [7, 11) is 0. The zero-order valence-electron chi connectivity index (χ0n) is 11.2. The third-order valence-electron chi connectivity index (χ3n) is 2.92. The van der Waals surface area contributed by atoms with Crippen molar-refractivity contribution in [3.8, 4) is 0 Å². The molecule has 106 valence electrons. The number of rotatable bonds is 6. The molecule has 0 fully saturated rings. The van der Waals surface area contributed by atoms with E-state index in [0.29, 0.717) is 13.0 Å². The van der Waals surface area contributed by atoms with Crippen LogP contribution in [0.3, 0.4) is 0 Å². The third kappa shape index (κ3) is 5.17. The van der Waals surface area contributed by atoms with Crippen LogP contribution in [0, 0.1) is 11.2 Å². The minimum absolute atomic E-state index is 0.000161. The van der Waals surface area contributed by atoms with E-state index in [9.17, 15) is 9.18 Å². The molecule has 0 spiro atoms. The molecule has 1 aromatic rings. The molecule has 1 rings (SSSR count). The molecule has 1 amide bonds. The van der Waals surface area contributed by atoms with E-state index < -0.39 is 5.82 Å². The Bertz CT molecular complexity index is 449. The van der Waals surface area contributed by atoms with Crippen molar-refractivity contribution in [2.75, 3.05) is 13.2 Å². The summed E-state index contributed by atoms with van der Waals surface area (Å²) < 4.78 is 13.2. The monoisotopic (exact) mass is 287 g/mol. The van der Waals surface area contributed by atoms with Gasteiger partial charge in [-0.1, -0.05) is 25.4 Å². The van der Waals surface area contributed by atoms with Gasteiger partial charge in [0.1, 0.15) is 5.82 Å². The van der Waals surface area contributed by atoms with Gasteiger partial charge in [-0.25, -0.2) is 4.39 Å². The molecular formula is C14H19ClFNO2. The molecule has 0 aromatic heterocycles. The number of carbonyl (C=O) groups excluding carboxylic acids is 1. The van der Waals surface area contributed by atoms with Crippen molar-refractivity contribution in [2.45, 2.75) is 26.7 Å². The number of aliphatic hydroxyl groups excluding tert-OH is 1. The summed E-state index contributed by atoms with van der Waals surface area (Å²) in [6, 6.07) is 3.97. The molecule has 0 saturated heterocycles. The first-order valence-electron chi connectivity index (χ1n) is 6.20.